The van der Waals surface area contributed by atoms with E-state index in [0.717, 1.165) is 25.3 Å². The van der Waals surface area contributed by atoms with Crippen molar-refractivity contribution in [1.82, 2.24) is 10.3 Å². The van der Waals surface area contributed by atoms with E-state index in [1.165, 1.54) is 24.0 Å². The summed E-state index contributed by atoms with van der Waals surface area (Å²) in [6.07, 6.45) is 7.34. The van der Waals surface area contributed by atoms with Crippen LogP contribution in [0.4, 0.5) is 0 Å². The largest absolute Gasteiger partial charge is 0.370 e. The van der Waals surface area contributed by atoms with Crippen molar-refractivity contribution in [2.75, 3.05) is 6.54 Å². The third kappa shape index (κ3) is 2.78. The molecule has 1 aliphatic heterocycles. The second kappa shape index (κ2) is 4.91. The Bertz CT molecular complexity index is 358. The first-order valence-electron chi connectivity index (χ1n) is 5.53. The number of hydrogen-bond acceptors (Lipinski definition) is 3. The van der Waals surface area contributed by atoms with Crippen molar-refractivity contribution in [3.05, 3.63) is 29.6 Å². The van der Waals surface area contributed by atoms with Gasteiger partial charge in [0, 0.05) is 31.9 Å². The lowest BCUT2D eigenvalue weighted by Crippen LogP contribution is -2.25. The molecule has 15 heavy (non-hydrogen) atoms. The number of pyridine rings is 1. The zero-order valence-electron chi connectivity index (χ0n) is 9.16. The molecule has 0 radical (unpaired) electrons. The van der Waals surface area contributed by atoms with E-state index in [4.69, 9.17) is 0 Å². The molecular formula is C12H17N3. The summed E-state index contributed by atoms with van der Waals surface area (Å²) in [6.45, 7) is 3.94. The van der Waals surface area contributed by atoms with Gasteiger partial charge in [-0.2, -0.15) is 0 Å². The summed E-state index contributed by atoms with van der Waals surface area (Å²) in [4.78, 5) is 8.59. The van der Waals surface area contributed by atoms with Gasteiger partial charge in [0.25, 0.3) is 0 Å². The molecule has 0 saturated heterocycles. The molecule has 0 aliphatic carbocycles. The van der Waals surface area contributed by atoms with Crippen LogP contribution in [-0.4, -0.2) is 17.4 Å². The molecule has 0 amide bonds. The van der Waals surface area contributed by atoms with E-state index >= 15 is 0 Å². The topological polar surface area (TPSA) is 37.3 Å². The highest BCUT2D eigenvalue weighted by Crippen LogP contribution is 2.07. The summed E-state index contributed by atoms with van der Waals surface area (Å²) in [5, 5.41) is 3.39. The summed E-state index contributed by atoms with van der Waals surface area (Å²) in [6, 6.07) is 2.04. The van der Waals surface area contributed by atoms with Crippen molar-refractivity contribution >= 4 is 5.84 Å². The Labute approximate surface area is 90.6 Å². The van der Waals surface area contributed by atoms with Crippen molar-refractivity contribution in [3.8, 4) is 0 Å². The second-order valence-electron chi connectivity index (χ2n) is 3.94. The summed E-state index contributed by atoms with van der Waals surface area (Å²) in [7, 11) is 0. The molecule has 0 bridgehead atoms. The van der Waals surface area contributed by atoms with Gasteiger partial charge in [0.15, 0.2) is 0 Å². The van der Waals surface area contributed by atoms with E-state index < -0.39 is 0 Å². The fraction of sp³-hybridized carbons (Fsp3) is 0.500. The highest BCUT2D eigenvalue weighted by atomic mass is 15.0. The minimum atomic E-state index is 0.846. The predicted octanol–water partition coefficient (Wildman–Crippen LogP) is 2.06. The molecule has 2 rings (SSSR count). The molecule has 3 heteroatoms. The van der Waals surface area contributed by atoms with E-state index in [1.54, 1.807) is 0 Å². The molecular weight excluding hydrogens is 186 g/mol. The molecule has 1 aromatic heterocycles. The van der Waals surface area contributed by atoms with E-state index in [1.807, 2.05) is 18.5 Å². The van der Waals surface area contributed by atoms with Crippen molar-refractivity contribution in [3.63, 3.8) is 0 Å². The smallest absolute Gasteiger partial charge is 0.0965 e. The number of nitrogens with zero attached hydrogens (tertiary/aromatic N) is 2. The van der Waals surface area contributed by atoms with Crippen molar-refractivity contribution in [2.24, 2.45) is 4.99 Å². The van der Waals surface area contributed by atoms with Crippen LogP contribution in [0.5, 0.6) is 0 Å². The summed E-state index contributed by atoms with van der Waals surface area (Å²) in [5.41, 5.74) is 2.54. The molecule has 80 valence electrons. The summed E-state index contributed by atoms with van der Waals surface area (Å²) < 4.78 is 0. The van der Waals surface area contributed by atoms with Gasteiger partial charge in [-0.05, 0) is 37.0 Å². The third-order valence-corrected chi connectivity index (χ3v) is 2.75. The van der Waals surface area contributed by atoms with Crippen molar-refractivity contribution in [2.45, 2.75) is 32.7 Å². The van der Waals surface area contributed by atoms with Crippen LogP contribution in [0.3, 0.4) is 0 Å². The normalized spacial score (nSPS) is 15.9. The number of amidine groups is 1. The zero-order chi connectivity index (χ0) is 10.5. The highest BCUT2D eigenvalue weighted by molar-refractivity contribution is 5.82. The molecule has 1 N–H and O–H groups in total. The van der Waals surface area contributed by atoms with Crippen molar-refractivity contribution in [1.29, 1.82) is 0 Å². The van der Waals surface area contributed by atoms with Gasteiger partial charge in [0.2, 0.25) is 0 Å². The average Bonchev–Trinajstić information content (AvgIpc) is 2.29. The van der Waals surface area contributed by atoms with Gasteiger partial charge in [-0.15, -0.1) is 0 Å². The van der Waals surface area contributed by atoms with Gasteiger partial charge in [0.05, 0.1) is 5.84 Å². The van der Waals surface area contributed by atoms with Crippen LogP contribution in [0.2, 0.25) is 0 Å². The molecule has 0 aromatic carbocycles. The molecule has 0 saturated carbocycles. The first kappa shape index (κ1) is 10.1. The molecule has 1 aromatic rings. The Kier molecular flexibility index (Phi) is 3.33. The average molecular weight is 203 g/mol. The number of nitrogens with one attached hydrogen (secondary N) is 1. The van der Waals surface area contributed by atoms with Crippen LogP contribution in [0, 0.1) is 6.92 Å². The summed E-state index contributed by atoms with van der Waals surface area (Å²) >= 11 is 0. The maximum absolute atomic E-state index is 4.46. The fourth-order valence-corrected chi connectivity index (χ4v) is 1.72. The molecule has 3 nitrogen and oxygen atoms in total. The minimum Gasteiger partial charge on any atom is -0.370 e. The van der Waals surface area contributed by atoms with Gasteiger partial charge in [-0.25, -0.2) is 0 Å². The summed E-state index contributed by atoms with van der Waals surface area (Å²) in [5.74, 6) is 1.16. The second-order valence-corrected chi connectivity index (χ2v) is 3.94. The number of rotatable bonds is 2. The Morgan fingerprint density at radius 1 is 1.40 bits per heavy atom. The lowest BCUT2D eigenvalue weighted by Gasteiger charge is -2.14. The van der Waals surface area contributed by atoms with Gasteiger partial charge in [-0.1, -0.05) is 0 Å². The van der Waals surface area contributed by atoms with Crippen LogP contribution < -0.4 is 5.32 Å². The molecule has 0 fully saturated rings. The molecule has 1 aliphatic rings. The third-order valence-electron chi connectivity index (χ3n) is 2.75. The molecule has 0 unspecified atom stereocenters. The quantitative estimate of drug-likeness (QED) is 0.799. The number of aromatic nitrogens is 1. The SMILES string of the molecule is Cc1ccncc1CNC1=NCCCC1. The van der Waals surface area contributed by atoms with E-state index in [-0.39, 0.29) is 0 Å². The van der Waals surface area contributed by atoms with Crippen LogP contribution in [0.1, 0.15) is 30.4 Å². The van der Waals surface area contributed by atoms with Crippen LogP contribution in [0.25, 0.3) is 0 Å². The lowest BCUT2D eigenvalue weighted by molar-refractivity contribution is 0.705. The molecule has 0 spiro atoms. The lowest BCUT2D eigenvalue weighted by atomic mass is 10.1. The van der Waals surface area contributed by atoms with Crippen LogP contribution in [-0.2, 0) is 6.54 Å². The van der Waals surface area contributed by atoms with Crippen LogP contribution >= 0.6 is 0 Å². The Hall–Kier alpha value is -1.38. The van der Waals surface area contributed by atoms with E-state index in [9.17, 15) is 0 Å². The van der Waals surface area contributed by atoms with E-state index in [0.29, 0.717) is 0 Å². The van der Waals surface area contributed by atoms with Gasteiger partial charge in [0.1, 0.15) is 0 Å². The minimum absolute atomic E-state index is 0.846. The van der Waals surface area contributed by atoms with Gasteiger partial charge < -0.3 is 5.32 Å². The highest BCUT2D eigenvalue weighted by Gasteiger charge is 2.05. The van der Waals surface area contributed by atoms with Gasteiger partial charge in [-0.3, -0.25) is 9.98 Å². The predicted molar refractivity (Wildman–Crippen MR) is 62.0 cm³/mol. The van der Waals surface area contributed by atoms with E-state index in [2.05, 4.69) is 22.2 Å². The number of aliphatic imine (C=N–C) groups is 1. The zero-order valence-corrected chi connectivity index (χ0v) is 9.16. The Balaban J connectivity index is 1.93. The first-order valence-corrected chi connectivity index (χ1v) is 5.53. The monoisotopic (exact) mass is 203 g/mol. The Morgan fingerprint density at radius 3 is 3.07 bits per heavy atom. The fourth-order valence-electron chi connectivity index (χ4n) is 1.72. The standard InChI is InChI=1S/C12H17N3/c1-10-5-7-13-8-11(10)9-15-12-4-2-3-6-14-12/h5,7-8H,2-4,6,9H2,1H3,(H,14,15). The molecule has 0 atom stereocenters. The van der Waals surface area contributed by atoms with Gasteiger partial charge >= 0.3 is 0 Å². The Morgan fingerprint density at radius 2 is 2.33 bits per heavy atom. The van der Waals surface area contributed by atoms with Crippen LogP contribution in [0.15, 0.2) is 23.5 Å². The number of aryl methyl sites for hydroxylation is 1. The maximum Gasteiger partial charge on any atom is 0.0965 e. The maximum atomic E-state index is 4.46. The number of hydrogen-bond donors (Lipinski definition) is 1. The first-order chi connectivity index (χ1) is 7.36. The van der Waals surface area contributed by atoms with Crippen molar-refractivity contribution < 1.29 is 0 Å². The molecule has 2 heterocycles.